The molecule has 0 aliphatic heterocycles. The SMILES string of the molecule is CC(C)(C)Oc1ccc(C(C)(C)c2ccccc2)cc1. The van der Waals surface area contributed by atoms with Crippen LogP contribution in [0.4, 0.5) is 0 Å². The Labute approximate surface area is 122 Å². The van der Waals surface area contributed by atoms with Crippen LogP contribution in [0.2, 0.25) is 0 Å². The van der Waals surface area contributed by atoms with E-state index in [0.29, 0.717) is 0 Å². The average molecular weight is 268 g/mol. The molecule has 0 spiro atoms. The lowest BCUT2D eigenvalue weighted by Crippen LogP contribution is -2.23. The van der Waals surface area contributed by atoms with Crippen molar-refractivity contribution >= 4 is 0 Å². The topological polar surface area (TPSA) is 9.23 Å². The van der Waals surface area contributed by atoms with E-state index in [9.17, 15) is 0 Å². The van der Waals surface area contributed by atoms with E-state index in [1.165, 1.54) is 11.1 Å². The van der Waals surface area contributed by atoms with Crippen LogP contribution >= 0.6 is 0 Å². The molecule has 0 bridgehead atoms. The second-order valence-corrected chi connectivity index (χ2v) is 6.73. The molecule has 0 amide bonds. The molecule has 0 aliphatic rings. The molecule has 0 fully saturated rings. The lowest BCUT2D eigenvalue weighted by Gasteiger charge is -2.27. The van der Waals surface area contributed by atoms with Gasteiger partial charge in [-0.2, -0.15) is 0 Å². The maximum Gasteiger partial charge on any atom is 0.120 e. The molecule has 0 aromatic heterocycles. The highest BCUT2D eigenvalue weighted by atomic mass is 16.5. The molecule has 0 atom stereocenters. The molecule has 0 unspecified atom stereocenters. The summed E-state index contributed by atoms with van der Waals surface area (Å²) >= 11 is 0. The molecule has 2 rings (SSSR count). The van der Waals surface area contributed by atoms with Crippen LogP contribution in [0.1, 0.15) is 45.7 Å². The van der Waals surface area contributed by atoms with Gasteiger partial charge in [0.15, 0.2) is 0 Å². The average Bonchev–Trinajstić information content (AvgIpc) is 2.38. The van der Waals surface area contributed by atoms with Crippen molar-refractivity contribution in [3.63, 3.8) is 0 Å². The molecule has 2 aromatic rings. The third kappa shape index (κ3) is 3.41. The van der Waals surface area contributed by atoms with Gasteiger partial charge in [-0.1, -0.05) is 56.3 Å². The minimum Gasteiger partial charge on any atom is -0.488 e. The van der Waals surface area contributed by atoms with Gasteiger partial charge in [0.25, 0.3) is 0 Å². The Bertz CT molecular complexity index is 545. The zero-order valence-corrected chi connectivity index (χ0v) is 13.1. The Morgan fingerprint density at radius 1 is 0.650 bits per heavy atom. The lowest BCUT2D eigenvalue weighted by atomic mass is 9.78. The molecule has 1 heteroatoms. The van der Waals surface area contributed by atoms with E-state index in [1.54, 1.807) is 0 Å². The van der Waals surface area contributed by atoms with Gasteiger partial charge in [0.2, 0.25) is 0 Å². The van der Waals surface area contributed by atoms with E-state index >= 15 is 0 Å². The molecule has 0 saturated carbocycles. The minimum absolute atomic E-state index is 0.00151. The van der Waals surface area contributed by atoms with Gasteiger partial charge < -0.3 is 4.74 Å². The first-order chi connectivity index (χ1) is 9.29. The van der Waals surface area contributed by atoms with E-state index in [2.05, 4.69) is 89.2 Å². The number of ether oxygens (including phenoxy) is 1. The second-order valence-electron chi connectivity index (χ2n) is 6.73. The summed E-state index contributed by atoms with van der Waals surface area (Å²) in [6, 6.07) is 19.0. The highest BCUT2D eigenvalue weighted by Gasteiger charge is 2.23. The maximum atomic E-state index is 5.88. The van der Waals surface area contributed by atoms with Gasteiger partial charge in [0.05, 0.1) is 0 Å². The van der Waals surface area contributed by atoms with Crippen LogP contribution in [0.15, 0.2) is 54.6 Å². The van der Waals surface area contributed by atoms with Crippen LogP contribution < -0.4 is 4.74 Å². The summed E-state index contributed by atoms with van der Waals surface area (Å²) in [5.74, 6) is 0.921. The van der Waals surface area contributed by atoms with Gasteiger partial charge in [-0.25, -0.2) is 0 Å². The molecule has 106 valence electrons. The Hall–Kier alpha value is -1.76. The summed E-state index contributed by atoms with van der Waals surface area (Å²) in [6.45, 7) is 10.7. The molecule has 0 aliphatic carbocycles. The first-order valence-electron chi connectivity index (χ1n) is 7.14. The van der Waals surface area contributed by atoms with Crippen LogP contribution in [0.5, 0.6) is 5.75 Å². The van der Waals surface area contributed by atoms with Crippen LogP contribution in [-0.2, 0) is 5.41 Å². The van der Waals surface area contributed by atoms with E-state index < -0.39 is 0 Å². The lowest BCUT2D eigenvalue weighted by molar-refractivity contribution is 0.131. The molecular formula is C19H24O. The van der Waals surface area contributed by atoms with E-state index in [-0.39, 0.29) is 11.0 Å². The molecular weight excluding hydrogens is 244 g/mol. The fourth-order valence-corrected chi connectivity index (χ4v) is 2.31. The number of rotatable bonds is 3. The largest absolute Gasteiger partial charge is 0.488 e. The molecule has 20 heavy (non-hydrogen) atoms. The quantitative estimate of drug-likeness (QED) is 0.744. The van der Waals surface area contributed by atoms with Crippen LogP contribution in [0.25, 0.3) is 0 Å². The highest BCUT2D eigenvalue weighted by Crippen LogP contribution is 2.32. The van der Waals surface area contributed by atoms with Crippen molar-refractivity contribution in [3.05, 3.63) is 65.7 Å². The van der Waals surface area contributed by atoms with Gasteiger partial charge in [-0.15, -0.1) is 0 Å². The van der Waals surface area contributed by atoms with Gasteiger partial charge in [0.1, 0.15) is 11.4 Å². The van der Waals surface area contributed by atoms with Crippen molar-refractivity contribution in [2.24, 2.45) is 0 Å². The summed E-state index contributed by atoms with van der Waals surface area (Å²) in [7, 11) is 0. The minimum atomic E-state index is -0.156. The van der Waals surface area contributed by atoms with E-state index in [4.69, 9.17) is 4.74 Å². The molecule has 0 saturated heterocycles. The Balaban J connectivity index is 2.26. The third-order valence-electron chi connectivity index (χ3n) is 3.50. The molecule has 2 aromatic carbocycles. The Morgan fingerprint density at radius 3 is 1.65 bits per heavy atom. The standard InChI is InChI=1S/C19H24O/c1-18(2,3)20-17-13-11-16(12-14-17)19(4,5)15-9-7-6-8-10-15/h6-14H,1-5H3. The summed E-state index contributed by atoms with van der Waals surface area (Å²) in [5, 5.41) is 0. The van der Waals surface area contributed by atoms with Crippen LogP contribution in [-0.4, -0.2) is 5.60 Å². The predicted octanol–water partition coefficient (Wildman–Crippen LogP) is 5.19. The number of benzene rings is 2. The zero-order valence-electron chi connectivity index (χ0n) is 13.1. The predicted molar refractivity (Wildman–Crippen MR) is 85.4 cm³/mol. The van der Waals surface area contributed by atoms with Crippen LogP contribution in [0, 0.1) is 0 Å². The highest BCUT2D eigenvalue weighted by molar-refractivity contribution is 5.39. The Kier molecular flexibility index (Phi) is 3.89. The van der Waals surface area contributed by atoms with Gasteiger partial charge in [-0.3, -0.25) is 0 Å². The number of hydrogen-bond acceptors (Lipinski definition) is 1. The Morgan fingerprint density at radius 2 is 1.15 bits per heavy atom. The molecule has 0 N–H and O–H groups in total. The van der Waals surface area contributed by atoms with Crippen LogP contribution in [0.3, 0.4) is 0 Å². The zero-order chi connectivity index (χ0) is 14.8. The summed E-state index contributed by atoms with van der Waals surface area (Å²) in [4.78, 5) is 0. The third-order valence-corrected chi connectivity index (χ3v) is 3.50. The summed E-state index contributed by atoms with van der Waals surface area (Å²) in [6.07, 6.45) is 0. The first-order valence-corrected chi connectivity index (χ1v) is 7.14. The van der Waals surface area contributed by atoms with Crippen molar-refractivity contribution in [2.75, 3.05) is 0 Å². The smallest absolute Gasteiger partial charge is 0.120 e. The summed E-state index contributed by atoms with van der Waals surface area (Å²) < 4.78 is 5.88. The number of hydrogen-bond donors (Lipinski definition) is 0. The second kappa shape index (κ2) is 5.32. The van der Waals surface area contributed by atoms with E-state index in [1.807, 2.05) is 0 Å². The van der Waals surface area contributed by atoms with Crippen molar-refractivity contribution in [1.29, 1.82) is 0 Å². The fraction of sp³-hybridized carbons (Fsp3) is 0.368. The van der Waals surface area contributed by atoms with E-state index in [0.717, 1.165) is 5.75 Å². The molecule has 0 radical (unpaired) electrons. The summed E-state index contributed by atoms with van der Waals surface area (Å²) in [5.41, 5.74) is 2.47. The first kappa shape index (κ1) is 14.6. The molecule has 0 heterocycles. The van der Waals surface area contributed by atoms with Crippen molar-refractivity contribution < 1.29 is 4.74 Å². The van der Waals surface area contributed by atoms with Gasteiger partial charge >= 0.3 is 0 Å². The van der Waals surface area contributed by atoms with Gasteiger partial charge in [0, 0.05) is 5.41 Å². The molecule has 1 nitrogen and oxygen atoms in total. The van der Waals surface area contributed by atoms with Gasteiger partial charge in [-0.05, 0) is 44.0 Å². The normalized spacial score (nSPS) is 12.2. The fourth-order valence-electron chi connectivity index (χ4n) is 2.31. The van der Waals surface area contributed by atoms with Crippen molar-refractivity contribution in [2.45, 2.75) is 45.6 Å². The van der Waals surface area contributed by atoms with Crippen molar-refractivity contribution in [1.82, 2.24) is 0 Å². The monoisotopic (exact) mass is 268 g/mol. The maximum absolute atomic E-state index is 5.88. The van der Waals surface area contributed by atoms with Crippen molar-refractivity contribution in [3.8, 4) is 5.75 Å².